The molecule has 0 bridgehead atoms. The zero-order valence-corrected chi connectivity index (χ0v) is 17.6. The Morgan fingerprint density at radius 1 is 1.19 bits per heavy atom. The molecule has 7 heteroatoms. The molecule has 1 amide bonds. The van der Waals surface area contributed by atoms with E-state index in [4.69, 9.17) is 17.3 Å². The molecule has 0 aliphatic carbocycles. The van der Waals surface area contributed by atoms with Crippen LogP contribution in [0.1, 0.15) is 27.0 Å². The number of aromatic hydroxyl groups is 1. The van der Waals surface area contributed by atoms with Gasteiger partial charge in [0.2, 0.25) is 0 Å². The van der Waals surface area contributed by atoms with Crippen molar-refractivity contribution in [3.63, 3.8) is 0 Å². The highest BCUT2D eigenvalue weighted by molar-refractivity contribution is 6.31. The van der Waals surface area contributed by atoms with Gasteiger partial charge in [0.05, 0.1) is 11.9 Å². The molecule has 4 aromatic rings. The molecule has 156 valence electrons. The number of hydrogen-bond acceptors (Lipinski definition) is 4. The Labute approximate surface area is 184 Å². The number of carbonyl (C=O) groups is 1. The molecule has 4 N–H and O–H groups in total. The number of nitrogens with zero attached hydrogens (tertiary/aromatic N) is 2. The minimum Gasteiger partial charge on any atom is -0.506 e. The van der Waals surface area contributed by atoms with E-state index in [-0.39, 0.29) is 11.4 Å². The van der Waals surface area contributed by atoms with E-state index in [1.54, 1.807) is 6.21 Å². The highest BCUT2D eigenvalue weighted by atomic mass is 35.5. The van der Waals surface area contributed by atoms with Crippen LogP contribution in [-0.2, 0) is 6.54 Å². The Morgan fingerprint density at radius 2 is 2.03 bits per heavy atom. The summed E-state index contributed by atoms with van der Waals surface area (Å²) in [5.41, 5.74) is 12.7. The van der Waals surface area contributed by atoms with Crippen molar-refractivity contribution in [1.82, 2.24) is 9.99 Å². The number of benzene rings is 3. The number of rotatable bonds is 5. The summed E-state index contributed by atoms with van der Waals surface area (Å²) in [4.78, 5) is 12.2. The lowest BCUT2D eigenvalue weighted by molar-refractivity contribution is 0.0955. The predicted octanol–water partition coefficient (Wildman–Crippen LogP) is 4.70. The summed E-state index contributed by atoms with van der Waals surface area (Å²) in [6.07, 6.45) is 3.63. The Morgan fingerprint density at radius 3 is 2.81 bits per heavy atom. The lowest BCUT2D eigenvalue weighted by Crippen LogP contribution is -2.17. The minimum atomic E-state index is -0.413. The number of nitrogen functional groups attached to an aromatic ring is 1. The van der Waals surface area contributed by atoms with Crippen molar-refractivity contribution in [2.24, 2.45) is 5.10 Å². The standard InChI is InChI=1S/C24H21ClN4O2/c1-15-5-6-16(11-20(15)25)14-29-10-9-19-18(3-2-4-22(19)29)13-27-28-24(31)17-7-8-23(30)21(26)12-17/h2-13,30H,14,26H2,1H3,(H,28,31)/b27-13+. The Balaban J connectivity index is 1.52. The summed E-state index contributed by atoms with van der Waals surface area (Å²) < 4.78 is 2.14. The number of aromatic nitrogens is 1. The van der Waals surface area contributed by atoms with E-state index >= 15 is 0 Å². The summed E-state index contributed by atoms with van der Waals surface area (Å²) in [5.74, 6) is -0.479. The van der Waals surface area contributed by atoms with Crippen LogP contribution in [-0.4, -0.2) is 21.8 Å². The number of fused-ring (bicyclic) bond motifs is 1. The van der Waals surface area contributed by atoms with E-state index in [1.165, 1.54) is 18.2 Å². The average Bonchev–Trinajstić information content (AvgIpc) is 3.16. The number of nitrogens with one attached hydrogen (secondary N) is 1. The first-order valence-corrected chi connectivity index (χ1v) is 10.0. The van der Waals surface area contributed by atoms with Gasteiger partial charge in [-0.2, -0.15) is 5.10 Å². The smallest absolute Gasteiger partial charge is 0.271 e. The van der Waals surface area contributed by atoms with Crippen LogP contribution in [0.25, 0.3) is 10.9 Å². The van der Waals surface area contributed by atoms with Crippen molar-refractivity contribution < 1.29 is 9.90 Å². The molecule has 0 radical (unpaired) electrons. The van der Waals surface area contributed by atoms with Crippen molar-refractivity contribution in [3.8, 4) is 5.75 Å². The van der Waals surface area contributed by atoms with Crippen LogP contribution in [0, 0.1) is 6.92 Å². The minimum absolute atomic E-state index is 0.0656. The Hall–Kier alpha value is -3.77. The fourth-order valence-corrected chi connectivity index (χ4v) is 3.55. The molecule has 4 rings (SSSR count). The van der Waals surface area contributed by atoms with E-state index in [2.05, 4.69) is 21.2 Å². The molecule has 0 spiro atoms. The molecule has 1 heterocycles. The average molecular weight is 433 g/mol. The molecule has 31 heavy (non-hydrogen) atoms. The molecule has 1 aromatic heterocycles. The number of phenolic OH excluding ortho intramolecular Hbond substituents is 1. The molecule has 0 aliphatic rings. The first kappa shape index (κ1) is 20.5. The van der Waals surface area contributed by atoms with E-state index < -0.39 is 5.91 Å². The van der Waals surface area contributed by atoms with Gasteiger partial charge >= 0.3 is 0 Å². The molecular weight excluding hydrogens is 412 g/mol. The monoisotopic (exact) mass is 432 g/mol. The molecule has 6 nitrogen and oxygen atoms in total. The second kappa shape index (κ2) is 8.53. The second-order valence-electron chi connectivity index (χ2n) is 7.28. The van der Waals surface area contributed by atoms with Crippen molar-refractivity contribution in [2.75, 3.05) is 5.73 Å². The van der Waals surface area contributed by atoms with Crippen LogP contribution in [0.4, 0.5) is 5.69 Å². The third-order valence-electron chi connectivity index (χ3n) is 5.10. The number of amides is 1. The first-order chi connectivity index (χ1) is 14.9. The van der Waals surface area contributed by atoms with Gasteiger partial charge in [0, 0.05) is 39.8 Å². The highest BCUT2D eigenvalue weighted by Gasteiger charge is 2.08. The number of anilines is 1. The van der Waals surface area contributed by atoms with Crippen LogP contribution >= 0.6 is 11.6 Å². The normalized spacial score (nSPS) is 11.3. The summed E-state index contributed by atoms with van der Waals surface area (Å²) in [7, 11) is 0. The van der Waals surface area contributed by atoms with Crippen molar-refractivity contribution >= 4 is 40.3 Å². The summed E-state index contributed by atoms with van der Waals surface area (Å²) in [6, 6.07) is 18.3. The fraction of sp³-hybridized carbons (Fsp3) is 0.0833. The zero-order chi connectivity index (χ0) is 22.0. The number of hydrogen-bond donors (Lipinski definition) is 3. The lowest BCUT2D eigenvalue weighted by Gasteiger charge is -2.08. The fourth-order valence-electron chi connectivity index (χ4n) is 3.35. The van der Waals surface area contributed by atoms with Gasteiger partial charge in [-0.3, -0.25) is 4.79 Å². The number of carbonyl (C=O) groups excluding carboxylic acids is 1. The Bertz CT molecular complexity index is 1310. The van der Waals surface area contributed by atoms with Crippen molar-refractivity contribution in [3.05, 3.63) is 94.1 Å². The molecule has 0 saturated heterocycles. The molecule has 0 unspecified atom stereocenters. The maximum Gasteiger partial charge on any atom is 0.271 e. The van der Waals surface area contributed by atoms with Gasteiger partial charge in [-0.1, -0.05) is 35.9 Å². The maximum atomic E-state index is 12.2. The topological polar surface area (TPSA) is 92.6 Å². The summed E-state index contributed by atoms with van der Waals surface area (Å²) in [5, 5.41) is 15.3. The largest absolute Gasteiger partial charge is 0.506 e. The van der Waals surface area contributed by atoms with Gasteiger partial charge in [0.25, 0.3) is 5.91 Å². The van der Waals surface area contributed by atoms with Gasteiger partial charge in [-0.15, -0.1) is 0 Å². The second-order valence-corrected chi connectivity index (χ2v) is 7.69. The first-order valence-electron chi connectivity index (χ1n) is 9.67. The van der Waals surface area contributed by atoms with Crippen molar-refractivity contribution in [2.45, 2.75) is 13.5 Å². The van der Waals surface area contributed by atoms with Crippen LogP contribution in [0.15, 0.2) is 72.0 Å². The predicted molar refractivity (Wildman–Crippen MR) is 125 cm³/mol. The molecule has 3 aromatic carbocycles. The van der Waals surface area contributed by atoms with Crippen LogP contribution in [0.5, 0.6) is 5.75 Å². The number of aryl methyl sites for hydroxylation is 1. The van der Waals surface area contributed by atoms with E-state index in [9.17, 15) is 9.90 Å². The van der Waals surface area contributed by atoms with Gasteiger partial charge in [0.15, 0.2) is 0 Å². The number of hydrazone groups is 1. The van der Waals surface area contributed by atoms with Crippen LogP contribution in [0.2, 0.25) is 5.02 Å². The van der Waals surface area contributed by atoms with Gasteiger partial charge in [-0.25, -0.2) is 5.43 Å². The van der Waals surface area contributed by atoms with Gasteiger partial charge in [0.1, 0.15) is 5.75 Å². The molecular formula is C24H21ClN4O2. The van der Waals surface area contributed by atoms with Gasteiger partial charge < -0.3 is 15.4 Å². The van der Waals surface area contributed by atoms with E-state index in [0.717, 1.165) is 32.6 Å². The molecule has 0 atom stereocenters. The van der Waals surface area contributed by atoms with Crippen LogP contribution in [0.3, 0.4) is 0 Å². The molecule has 0 fully saturated rings. The zero-order valence-electron chi connectivity index (χ0n) is 16.8. The maximum absolute atomic E-state index is 12.2. The lowest BCUT2D eigenvalue weighted by atomic mass is 10.1. The Kier molecular flexibility index (Phi) is 5.64. The molecule has 0 aliphatic heterocycles. The van der Waals surface area contributed by atoms with Crippen molar-refractivity contribution in [1.29, 1.82) is 0 Å². The van der Waals surface area contributed by atoms with E-state index in [1.807, 2.05) is 49.5 Å². The summed E-state index contributed by atoms with van der Waals surface area (Å²) >= 11 is 6.26. The van der Waals surface area contributed by atoms with Gasteiger partial charge in [-0.05, 0) is 54.4 Å². The number of halogens is 1. The van der Waals surface area contributed by atoms with E-state index in [0.29, 0.717) is 12.1 Å². The number of phenols is 1. The SMILES string of the molecule is Cc1ccc(Cn2ccc3c(/C=N/NC(=O)c4ccc(O)c(N)c4)cccc32)cc1Cl. The summed E-state index contributed by atoms with van der Waals surface area (Å²) in [6.45, 7) is 2.68. The highest BCUT2D eigenvalue weighted by Crippen LogP contribution is 2.23. The van der Waals surface area contributed by atoms with Crippen LogP contribution < -0.4 is 11.2 Å². The number of nitrogens with two attached hydrogens (primary N) is 1. The quantitative estimate of drug-likeness (QED) is 0.185. The third-order valence-corrected chi connectivity index (χ3v) is 5.50. The molecule has 0 saturated carbocycles. The third kappa shape index (κ3) is 4.39.